The summed E-state index contributed by atoms with van der Waals surface area (Å²) in [6.45, 7) is 3.39. The summed E-state index contributed by atoms with van der Waals surface area (Å²) in [6, 6.07) is 8.73. The number of rotatable bonds is 2. The van der Waals surface area contributed by atoms with Gasteiger partial charge in [-0.3, -0.25) is 0 Å². The van der Waals surface area contributed by atoms with E-state index in [1.807, 2.05) is 12.1 Å². The van der Waals surface area contributed by atoms with Crippen molar-refractivity contribution < 1.29 is 4.74 Å². The molecule has 0 aromatic heterocycles. The first kappa shape index (κ1) is 9.53. The van der Waals surface area contributed by atoms with Crippen LogP contribution in [-0.2, 0) is 0 Å². The van der Waals surface area contributed by atoms with Crippen LogP contribution >= 0.6 is 0 Å². The normalized spacial score (nSPS) is 26.4. The van der Waals surface area contributed by atoms with Gasteiger partial charge in [0.1, 0.15) is 5.75 Å². The zero-order valence-corrected chi connectivity index (χ0v) is 8.79. The average molecular weight is 191 g/mol. The van der Waals surface area contributed by atoms with E-state index in [0.717, 1.165) is 18.2 Å². The third-order valence-electron chi connectivity index (χ3n) is 2.87. The molecule has 1 aliphatic heterocycles. The van der Waals surface area contributed by atoms with E-state index < -0.39 is 0 Å². The van der Waals surface area contributed by atoms with Gasteiger partial charge in [-0.15, -0.1) is 0 Å². The fourth-order valence-electron chi connectivity index (χ4n) is 2.10. The smallest absolute Gasteiger partial charge is 0.123 e. The van der Waals surface area contributed by atoms with Gasteiger partial charge in [0.25, 0.3) is 0 Å². The molecule has 1 saturated heterocycles. The van der Waals surface area contributed by atoms with Crippen LogP contribution in [0.2, 0.25) is 0 Å². The second-order valence-corrected chi connectivity index (χ2v) is 4.04. The largest absolute Gasteiger partial charge is 0.496 e. The van der Waals surface area contributed by atoms with Crippen LogP contribution in [0.25, 0.3) is 0 Å². The highest BCUT2D eigenvalue weighted by atomic mass is 16.5. The second kappa shape index (κ2) is 4.01. The first-order chi connectivity index (χ1) is 6.81. The summed E-state index contributed by atoms with van der Waals surface area (Å²) >= 11 is 0. The van der Waals surface area contributed by atoms with Crippen LogP contribution in [0.3, 0.4) is 0 Å². The van der Waals surface area contributed by atoms with Crippen molar-refractivity contribution in [1.29, 1.82) is 0 Å². The van der Waals surface area contributed by atoms with Crippen LogP contribution in [0.15, 0.2) is 24.3 Å². The topological polar surface area (TPSA) is 21.3 Å². The van der Waals surface area contributed by atoms with Gasteiger partial charge in [0.2, 0.25) is 0 Å². The molecule has 1 aromatic rings. The first-order valence-electron chi connectivity index (χ1n) is 5.17. The van der Waals surface area contributed by atoms with Gasteiger partial charge in [0.05, 0.1) is 7.11 Å². The molecule has 0 radical (unpaired) electrons. The standard InChI is InChI=1S/C12H17NO/c1-9-7-11(13-8-9)10-5-3-4-6-12(10)14-2/h3-6,9,11,13H,7-8H2,1-2H3/t9-,11-/m1/s1. The van der Waals surface area contributed by atoms with Gasteiger partial charge in [-0.05, 0) is 24.9 Å². The Morgan fingerprint density at radius 3 is 2.79 bits per heavy atom. The van der Waals surface area contributed by atoms with Gasteiger partial charge in [-0.25, -0.2) is 0 Å². The van der Waals surface area contributed by atoms with Crippen LogP contribution in [0.4, 0.5) is 0 Å². The number of hydrogen-bond donors (Lipinski definition) is 1. The number of para-hydroxylation sites is 1. The van der Waals surface area contributed by atoms with Crippen molar-refractivity contribution >= 4 is 0 Å². The van der Waals surface area contributed by atoms with E-state index in [9.17, 15) is 0 Å². The number of nitrogens with one attached hydrogen (secondary N) is 1. The van der Waals surface area contributed by atoms with Crippen LogP contribution in [-0.4, -0.2) is 13.7 Å². The molecule has 0 aliphatic carbocycles. The highest BCUT2D eigenvalue weighted by Crippen LogP contribution is 2.32. The molecule has 0 bridgehead atoms. The quantitative estimate of drug-likeness (QED) is 0.775. The van der Waals surface area contributed by atoms with Crippen LogP contribution in [0.5, 0.6) is 5.75 Å². The maximum absolute atomic E-state index is 5.35. The summed E-state index contributed by atoms with van der Waals surface area (Å²) in [6.07, 6.45) is 1.21. The lowest BCUT2D eigenvalue weighted by molar-refractivity contribution is 0.403. The minimum Gasteiger partial charge on any atom is -0.496 e. The van der Waals surface area contributed by atoms with Crippen molar-refractivity contribution in [3.63, 3.8) is 0 Å². The van der Waals surface area contributed by atoms with Crippen molar-refractivity contribution in [3.8, 4) is 5.75 Å². The van der Waals surface area contributed by atoms with Crippen LogP contribution < -0.4 is 10.1 Å². The Bertz CT molecular complexity index is 311. The molecule has 76 valence electrons. The van der Waals surface area contributed by atoms with Crippen molar-refractivity contribution in [2.75, 3.05) is 13.7 Å². The van der Waals surface area contributed by atoms with Crippen molar-refractivity contribution in [1.82, 2.24) is 5.32 Å². The summed E-state index contributed by atoms with van der Waals surface area (Å²) in [4.78, 5) is 0. The summed E-state index contributed by atoms with van der Waals surface area (Å²) in [7, 11) is 1.73. The summed E-state index contributed by atoms with van der Waals surface area (Å²) in [5.74, 6) is 1.77. The lowest BCUT2D eigenvalue weighted by Gasteiger charge is -2.14. The Labute approximate surface area is 85.3 Å². The molecule has 1 aromatic carbocycles. The Balaban J connectivity index is 2.22. The van der Waals surface area contributed by atoms with E-state index in [4.69, 9.17) is 4.74 Å². The highest BCUT2D eigenvalue weighted by molar-refractivity contribution is 5.36. The summed E-state index contributed by atoms with van der Waals surface area (Å²) < 4.78 is 5.35. The molecule has 1 N–H and O–H groups in total. The molecule has 0 unspecified atom stereocenters. The third kappa shape index (κ3) is 1.75. The van der Waals surface area contributed by atoms with Gasteiger partial charge in [-0.2, -0.15) is 0 Å². The minimum atomic E-state index is 0.473. The number of hydrogen-bond acceptors (Lipinski definition) is 2. The molecule has 14 heavy (non-hydrogen) atoms. The molecule has 1 aliphatic rings. The third-order valence-corrected chi connectivity index (χ3v) is 2.87. The predicted molar refractivity (Wildman–Crippen MR) is 57.5 cm³/mol. The Morgan fingerprint density at radius 1 is 1.36 bits per heavy atom. The lowest BCUT2D eigenvalue weighted by atomic mass is 10.0. The van der Waals surface area contributed by atoms with E-state index in [1.54, 1.807) is 7.11 Å². The molecule has 2 heteroatoms. The molecule has 2 rings (SSSR count). The van der Waals surface area contributed by atoms with E-state index in [0.29, 0.717) is 6.04 Å². The SMILES string of the molecule is COc1ccccc1[C@H]1C[C@@H](C)CN1. The van der Waals surface area contributed by atoms with Gasteiger partial charge in [-0.1, -0.05) is 25.1 Å². The van der Waals surface area contributed by atoms with Crippen LogP contribution in [0.1, 0.15) is 24.9 Å². The number of ether oxygens (including phenoxy) is 1. The van der Waals surface area contributed by atoms with E-state index in [2.05, 4.69) is 24.4 Å². The molecule has 0 amide bonds. The molecular weight excluding hydrogens is 174 g/mol. The van der Waals surface area contributed by atoms with Gasteiger partial charge < -0.3 is 10.1 Å². The lowest BCUT2D eigenvalue weighted by Crippen LogP contribution is -2.14. The van der Waals surface area contributed by atoms with Crippen LogP contribution in [0, 0.1) is 5.92 Å². The molecule has 2 atom stereocenters. The highest BCUT2D eigenvalue weighted by Gasteiger charge is 2.23. The summed E-state index contributed by atoms with van der Waals surface area (Å²) in [5, 5.41) is 3.52. The Hall–Kier alpha value is -1.02. The zero-order valence-electron chi connectivity index (χ0n) is 8.79. The molecule has 0 spiro atoms. The molecule has 1 heterocycles. The van der Waals surface area contributed by atoms with E-state index >= 15 is 0 Å². The maximum Gasteiger partial charge on any atom is 0.123 e. The molecule has 2 nitrogen and oxygen atoms in total. The minimum absolute atomic E-state index is 0.473. The fraction of sp³-hybridized carbons (Fsp3) is 0.500. The maximum atomic E-state index is 5.35. The molecule has 0 saturated carbocycles. The monoisotopic (exact) mass is 191 g/mol. The summed E-state index contributed by atoms with van der Waals surface area (Å²) in [5.41, 5.74) is 1.29. The predicted octanol–water partition coefficient (Wildman–Crippen LogP) is 2.37. The van der Waals surface area contributed by atoms with E-state index in [1.165, 1.54) is 12.0 Å². The molecule has 1 fully saturated rings. The van der Waals surface area contributed by atoms with Gasteiger partial charge >= 0.3 is 0 Å². The van der Waals surface area contributed by atoms with Crippen molar-refractivity contribution in [2.45, 2.75) is 19.4 Å². The average Bonchev–Trinajstić information content (AvgIpc) is 2.65. The van der Waals surface area contributed by atoms with Crippen molar-refractivity contribution in [2.24, 2.45) is 5.92 Å². The van der Waals surface area contributed by atoms with E-state index in [-0.39, 0.29) is 0 Å². The zero-order chi connectivity index (χ0) is 9.97. The number of methoxy groups -OCH3 is 1. The second-order valence-electron chi connectivity index (χ2n) is 4.04. The Morgan fingerprint density at radius 2 is 2.14 bits per heavy atom. The molecular formula is C12H17NO. The number of benzene rings is 1. The fourth-order valence-corrected chi connectivity index (χ4v) is 2.10. The van der Waals surface area contributed by atoms with Gasteiger partial charge in [0.15, 0.2) is 0 Å². The van der Waals surface area contributed by atoms with Gasteiger partial charge in [0, 0.05) is 11.6 Å². The van der Waals surface area contributed by atoms with Crippen molar-refractivity contribution in [3.05, 3.63) is 29.8 Å². The first-order valence-corrected chi connectivity index (χ1v) is 5.17. The Kier molecular flexibility index (Phi) is 2.73.